The molecule has 21 heavy (non-hydrogen) atoms. The van der Waals surface area contributed by atoms with Gasteiger partial charge in [-0.3, -0.25) is 4.79 Å². The second-order valence-electron chi connectivity index (χ2n) is 4.18. The molecule has 0 aliphatic carbocycles. The molecule has 0 aliphatic heterocycles. The van der Waals surface area contributed by atoms with Crippen molar-refractivity contribution in [3.63, 3.8) is 0 Å². The molecule has 0 heterocycles. The lowest BCUT2D eigenvalue weighted by atomic mass is 10.1. The van der Waals surface area contributed by atoms with Crippen molar-refractivity contribution >= 4 is 11.6 Å². The molecule has 0 unspecified atom stereocenters. The first-order valence-corrected chi connectivity index (χ1v) is 6.03. The highest BCUT2D eigenvalue weighted by molar-refractivity contribution is 6.04. The molecule has 0 radical (unpaired) electrons. The van der Waals surface area contributed by atoms with E-state index in [0.717, 1.165) is 12.1 Å². The minimum absolute atomic E-state index is 0.153. The van der Waals surface area contributed by atoms with Gasteiger partial charge in [0, 0.05) is 23.4 Å². The molecule has 0 spiro atoms. The first-order valence-electron chi connectivity index (χ1n) is 6.03. The summed E-state index contributed by atoms with van der Waals surface area (Å²) in [4.78, 5) is 12.1. The Morgan fingerprint density at radius 3 is 2.10 bits per heavy atom. The van der Waals surface area contributed by atoms with Crippen LogP contribution in [0, 0.1) is 11.6 Å². The number of nitrogens with one attached hydrogen (secondary N) is 1. The van der Waals surface area contributed by atoms with Crippen LogP contribution in [0.5, 0.6) is 11.5 Å². The highest BCUT2D eigenvalue weighted by Crippen LogP contribution is 2.23. The van der Waals surface area contributed by atoms with Gasteiger partial charge in [0.1, 0.15) is 11.5 Å². The number of hydrogen-bond donors (Lipinski definition) is 1. The molecule has 6 heteroatoms. The van der Waals surface area contributed by atoms with Gasteiger partial charge in [0.2, 0.25) is 0 Å². The molecule has 1 N–H and O–H groups in total. The number of rotatable bonds is 4. The van der Waals surface area contributed by atoms with E-state index in [-0.39, 0.29) is 11.3 Å². The molecular formula is C15H13F2NO3. The van der Waals surface area contributed by atoms with Crippen LogP contribution in [-0.2, 0) is 0 Å². The molecule has 0 aromatic heterocycles. The van der Waals surface area contributed by atoms with E-state index in [0.29, 0.717) is 11.5 Å². The number of carbonyl (C=O) groups is 1. The monoisotopic (exact) mass is 293 g/mol. The molecule has 2 aromatic carbocycles. The average Bonchev–Trinajstić information content (AvgIpc) is 2.50. The molecular weight excluding hydrogens is 280 g/mol. The molecule has 0 fully saturated rings. The summed E-state index contributed by atoms with van der Waals surface area (Å²) in [5.74, 6) is -1.60. The van der Waals surface area contributed by atoms with E-state index in [1.807, 2.05) is 0 Å². The zero-order chi connectivity index (χ0) is 15.4. The molecule has 110 valence electrons. The van der Waals surface area contributed by atoms with Gasteiger partial charge in [-0.15, -0.1) is 0 Å². The maximum Gasteiger partial charge on any atom is 0.255 e. The van der Waals surface area contributed by atoms with Gasteiger partial charge in [-0.05, 0) is 24.3 Å². The van der Waals surface area contributed by atoms with E-state index in [1.54, 1.807) is 6.07 Å². The molecule has 1 amide bonds. The van der Waals surface area contributed by atoms with E-state index in [2.05, 4.69) is 5.32 Å². The first kappa shape index (κ1) is 14.8. The van der Waals surface area contributed by atoms with E-state index in [9.17, 15) is 13.6 Å². The summed E-state index contributed by atoms with van der Waals surface area (Å²) in [5, 5.41) is 2.47. The van der Waals surface area contributed by atoms with Gasteiger partial charge < -0.3 is 14.8 Å². The largest absolute Gasteiger partial charge is 0.497 e. The smallest absolute Gasteiger partial charge is 0.255 e. The van der Waals surface area contributed by atoms with Gasteiger partial charge in [-0.1, -0.05) is 0 Å². The topological polar surface area (TPSA) is 47.6 Å². The van der Waals surface area contributed by atoms with Crippen LogP contribution < -0.4 is 14.8 Å². The third kappa shape index (κ3) is 3.47. The minimum Gasteiger partial charge on any atom is -0.497 e. The van der Waals surface area contributed by atoms with Crippen LogP contribution in [0.2, 0.25) is 0 Å². The number of anilines is 1. The molecule has 0 saturated carbocycles. The second-order valence-corrected chi connectivity index (χ2v) is 4.18. The molecule has 0 aliphatic rings. The van der Waals surface area contributed by atoms with Crippen molar-refractivity contribution in [2.45, 2.75) is 0 Å². The molecule has 4 nitrogen and oxygen atoms in total. The highest BCUT2D eigenvalue weighted by atomic mass is 19.2. The third-order valence-electron chi connectivity index (χ3n) is 2.79. The van der Waals surface area contributed by atoms with Gasteiger partial charge >= 0.3 is 0 Å². The van der Waals surface area contributed by atoms with Crippen LogP contribution in [0.4, 0.5) is 14.5 Å². The average molecular weight is 293 g/mol. The molecule has 0 atom stereocenters. The van der Waals surface area contributed by atoms with Gasteiger partial charge in [-0.2, -0.15) is 0 Å². The van der Waals surface area contributed by atoms with Crippen LogP contribution in [0.15, 0.2) is 36.4 Å². The number of halogens is 2. The maximum atomic E-state index is 13.1. The van der Waals surface area contributed by atoms with Gasteiger partial charge in [0.05, 0.1) is 14.2 Å². The number of methoxy groups -OCH3 is 2. The van der Waals surface area contributed by atoms with Crippen LogP contribution in [0.3, 0.4) is 0 Å². The van der Waals surface area contributed by atoms with Crippen molar-refractivity contribution in [1.29, 1.82) is 0 Å². The fraction of sp³-hybridized carbons (Fsp3) is 0.133. The third-order valence-corrected chi connectivity index (χ3v) is 2.79. The van der Waals surface area contributed by atoms with Crippen molar-refractivity contribution in [3.05, 3.63) is 53.6 Å². The minimum atomic E-state index is -1.03. The Bertz CT molecular complexity index is 652. The van der Waals surface area contributed by atoms with Crippen LogP contribution in [0.1, 0.15) is 10.4 Å². The quantitative estimate of drug-likeness (QED) is 0.941. The summed E-state index contributed by atoms with van der Waals surface area (Å²) >= 11 is 0. The van der Waals surface area contributed by atoms with Crippen LogP contribution >= 0.6 is 0 Å². The van der Waals surface area contributed by atoms with E-state index >= 15 is 0 Å². The Morgan fingerprint density at radius 2 is 1.57 bits per heavy atom. The summed E-state index contributed by atoms with van der Waals surface area (Å²) in [6.45, 7) is 0. The molecule has 2 rings (SSSR count). The van der Waals surface area contributed by atoms with E-state index in [1.165, 1.54) is 32.4 Å². The summed E-state index contributed by atoms with van der Waals surface area (Å²) < 4.78 is 36.1. The number of hydrogen-bond acceptors (Lipinski definition) is 3. The fourth-order valence-electron chi connectivity index (χ4n) is 1.72. The van der Waals surface area contributed by atoms with Gasteiger partial charge in [-0.25, -0.2) is 8.78 Å². The summed E-state index contributed by atoms with van der Waals surface area (Å²) in [6, 6.07) is 7.76. The Morgan fingerprint density at radius 1 is 0.952 bits per heavy atom. The summed E-state index contributed by atoms with van der Waals surface area (Å²) in [6.07, 6.45) is 0. The normalized spacial score (nSPS) is 10.1. The zero-order valence-corrected chi connectivity index (χ0v) is 11.4. The molecule has 0 bridgehead atoms. The first-order chi connectivity index (χ1) is 10.0. The lowest BCUT2D eigenvalue weighted by molar-refractivity contribution is 0.102. The van der Waals surface area contributed by atoms with Gasteiger partial charge in [0.25, 0.3) is 5.91 Å². The fourth-order valence-corrected chi connectivity index (χ4v) is 1.72. The number of ether oxygens (including phenoxy) is 2. The Labute approximate surface area is 120 Å². The van der Waals surface area contributed by atoms with Crippen molar-refractivity contribution in [2.75, 3.05) is 19.5 Å². The number of amides is 1. The van der Waals surface area contributed by atoms with Crippen molar-refractivity contribution in [3.8, 4) is 11.5 Å². The Hall–Kier alpha value is -2.63. The lowest BCUT2D eigenvalue weighted by Crippen LogP contribution is -2.12. The van der Waals surface area contributed by atoms with E-state index in [4.69, 9.17) is 9.47 Å². The standard InChI is InChI=1S/C15H13F2NO3/c1-20-11-5-9(6-12(8-11)21-2)15(19)18-10-3-4-13(16)14(17)7-10/h3-8H,1-2H3,(H,18,19). The predicted molar refractivity (Wildman–Crippen MR) is 73.9 cm³/mol. The molecule has 0 saturated heterocycles. The Balaban J connectivity index is 2.25. The summed E-state index contributed by atoms with van der Waals surface area (Å²) in [5.41, 5.74) is 0.427. The zero-order valence-electron chi connectivity index (χ0n) is 11.4. The summed E-state index contributed by atoms with van der Waals surface area (Å²) in [7, 11) is 2.93. The Kier molecular flexibility index (Phi) is 4.37. The van der Waals surface area contributed by atoms with Gasteiger partial charge in [0.15, 0.2) is 11.6 Å². The molecule has 2 aromatic rings. The van der Waals surface area contributed by atoms with Crippen molar-refractivity contribution in [1.82, 2.24) is 0 Å². The van der Waals surface area contributed by atoms with Crippen LogP contribution in [0.25, 0.3) is 0 Å². The van der Waals surface area contributed by atoms with Crippen molar-refractivity contribution in [2.24, 2.45) is 0 Å². The van der Waals surface area contributed by atoms with Crippen LogP contribution in [-0.4, -0.2) is 20.1 Å². The highest BCUT2D eigenvalue weighted by Gasteiger charge is 2.11. The van der Waals surface area contributed by atoms with E-state index < -0.39 is 17.5 Å². The van der Waals surface area contributed by atoms with Crippen molar-refractivity contribution < 1.29 is 23.0 Å². The maximum absolute atomic E-state index is 13.1. The SMILES string of the molecule is COc1cc(OC)cc(C(=O)Nc2ccc(F)c(F)c2)c1. The predicted octanol–water partition coefficient (Wildman–Crippen LogP) is 3.23. The lowest BCUT2D eigenvalue weighted by Gasteiger charge is -2.09. The second kappa shape index (κ2) is 6.21. The number of benzene rings is 2. The number of carbonyl (C=O) groups excluding carboxylic acids is 1.